The number of hydrazone groups is 1. The molecule has 0 aliphatic heterocycles. The van der Waals surface area contributed by atoms with Gasteiger partial charge < -0.3 is 9.84 Å². The molecule has 0 radical (unpaired) electrons. The van der Waals surface area contributed by atoms with E-state index in [1.807, 2.05) is 0 Å². The molecule has 140 valence electrons. The lowest BCUT2D eigenvalue weighted by Crippen LogP contribution is -2.22. The number of anilines is 1. The second-order valence-corrected chi connectivity index (χ2v) is 5.25. The standard InChI is InChI=1S/C16H14N4O7/c1-10(16(21)22)27-13-5-2-11(3-6-13)9-17-18-14-7-4-12(19(23)24)8-15(14)20(25)26/h2-10,18H,1H3,(H,21,22)/b17-9-/t10-/m0/s1. The number of ether oxygens (including phenoxy) is 1. The van der Waals surface area contributed by atoms with Gasteiger partial charge in [-0.15, -0.1) is 0 Å². The normalized spacial score (nSPS) is 11.7. The minimum absolute atomic E-state index is 0.00270. The minimum atomic E-state index is -1.09. The summed E-state index contributed by atoms with van der Waals surface area (Å²) in [5.41, 5.74) is 2.20. The SMILES string of the molecule is C[C@H](Oc1ccc(/C=N\Nc2ccc([N+](=O)[O-])cc2[N+](=O)[O-])cc1)C(=O)O. The van der Waals surface area contributed by atoms with Crippen LogP contribution in [0.5, 0.6) is 5.75 Å². The first-order valence-electron chi connectivity index (χ1n) is 7.49. The van der Waals surface area contributed by atoms with Crippen molar-refractivity contribution in [3.63, 3.8) is 0 Å². The Morgan fingerprint density at radius 1 is 1.19 bits per heavy atom. The molecule has 1 atom stereocenters. The third kappa shape index (κ3) is 5.22. The molecular weight excluding hydrogens is 360 g/mol. The number of non-ortho nitro benzene ring substituents is 1. The number of carboxylic acid groups (broad SMARTS) is 1. The lowest BCUT2D eigenvalue weighted by Gasteiger charge is -2.09. The Morgan fingerprint density at radius 2 is 1.85 bits per heavy atom. The van der Waals surface area contributed by atoms with Crippen molar-refractivity contribution in [3.8, 4) is 5.75 Å². The Labute approximate surface area is 152 Å². The van der Waals surface area contributed by atoms with Gasteiger partial charge in [0.05, 0.1) is 22.1 Å². The monoisotopic (exact) mass is 374 g/mol. The van der Waals surface area contributed by atoms with E-state index in [0.29, 0.717) is 11.3 Å². The van der Waals surface area contributed by atoms with Crippen LogP contribution in [0.2, 0.25) is 0 Å². The Hall–Kier alpha value is -4.02. The summed E-state index contributed by atoms with van der Waals surface area (Å²) < 4.78 is 5.19. The van der Waals surface area contributed by atoms with Crippen molar-refractivity contribution in [2.75, 3.05) is 5.43 Å². The molecule has 11 nitrogen and oxygen atoms in total. The van der Waals surface area contributed by atoms with E-state index < -0.39 is 33.3 Å². The lowest BCUT2D eigenvalue weighted by atomic mass is 10.2. The molecule has 0 unspecified atom stereocenters. The second kappa shape index (κ2) is 8.38. The second-order valence-electron chi connectivity index (χ2n) is 5.25. The van der Waals surface area contributed by atoms with Crippen LogP contribution in [-0.4, -0.2) is 33.2 Å². The fraction of sp³-hybridized carbons (Fsp3) is 0.125. The topological polar surface area (TPSA) is 157 Å². The molecule has 0 aromatic heterocycles. The smallest absolute Gasteiger partial charge is 0.344 e. The summed E-state index contributed by atoms with van der Waals surface area (Å²) in [6.45, 7) is 1.40. The van der Waals surface area contributed by atoms with Crippen LogP contribution in [0.15, 0.2) is 47.6 Å². The van der Waals surface area contributed by atoms with E-state index in [9.17, 15) is 25.0 Å². The highest BCUT2D eigenvalue weighted by Crippen LogP contribution is 2.28. The van der Waals surface area contributed by atoms with Crippen LogP contribution in [0.1, 0.15) is 12.5 Å². The van der Waals surface area contributed by atoms with Crippen LogP contribution in [0.3, 0.4) is 0 Å². The van der Waals surface area contributed by atoms with Gasteiger partial charge in [-0.05, 0) is 42.8 Å². The highest BCUT2D eigenvalue weighted by molar-refractivity contribution is 5.81. The van der Waals surface area contributed by atoms with Crippen molar-refractivity contribution in [3.05, 3.63) is 68.3 Å². The summed E-state index contributed by atoms with van der Waals surface area (Å²) in [4.78, 5) is 31.0. The third-order valence-corrected chi connectivity index (χ3v) is 3.33. The van der Waals surface area contributed by atoms with Crippen LogP contribution < -0.4 is 10.2 Å². The third-order valence-electron chi connectivity index (χ3n) is 3.33. The molecular formula is C16H14N4O7. The van der Waals surface area contributed by atoms with Crippen molar-refractivity contribution in [1.82, 2.24) is 0 Å². The Bertz CT molecular complexity index is 896. The molecule has 11 heteroatoms. The van der Waals surface area contributed by atoms with Crippen molar-refractivity contribution in [1.29, 1.82) is 0 Å². The van der Waals surface area contributed by atoms with Gasteiger partial charge in [0.1, 0.15) is 11.4 Å². The van der Waals surface area contributed by atoms with Crippen LogP contribution in [-0.2, 0) is 4.79 Å². The number of carboxylic acids is 1. The molecule has 0 heterocycles. The predicted molar refractivity (Wildman–Crippen MR) is 95.1 cm³/mol. The van der Waals surface area contributed by atoms with E-state index in [-0.39, 0.29) is 5.69 Å². The first-order valence-corrected chi connectivity index (χ1v) is 7.49. The molecule has 2 aromatic carbocycles. The number of nitrogens with one attached hydrogen (secondary N) is 1. The van der Waals surface area contributed by atoms with Crippen molar-refractivity contribution >= 4 is 29.2 Å². The molecule has 2 rings (SSSR count). The van der Waals surface area contributed by atoms with Crippen LogP contribution in [0.25, 0.3) is 0 Å². The average Bonchev–Trinajstić information content (AvgIpc) is 2.62. The molecule has 0 aliphatic rings. The van der Waals surface area contributed by atoms with Crippen LogP contribution in [0, 0.1) is 20.2 Å². The van der Waals surface area contributed by atoms with E-state index in [0.717, 1.165) is 12.1 Å². The molecule has 27 heavy (non-hydrogen) atoms. The number of hydrogen-bond donors (Lipinski definition) is 2. The van der Waals surface area contributed by atoms with Gasteiger partial charge in [-0.2, -0.15) is 5.10 Å². The van der Waals surface area contributed by atoms with Gasteiger partial charge >= 0.3 is 11.7 Å². The highest BCUT2D eigenvalue weighted by atomic mass is 16.6. The van der Waals surface area contributed by atoms with E-state index in [2.05, 4.69) is 10.5 Å². The molecule has 0 bridgehead atoms. The average molecular weight is 374 g/mol. The number of nitro groups is 2. The number of hydrogen-bond acceptors (Lipinski definition) is 8. The fourth-order valence-corrected chi connectivity index (χ4v) is 1.94. The van der Waals surface area contributed by atoms with Gasteiger partial charge in [0.15, 0.2) is 6.10 Å². The van der Waals surface area contributed by atoms with Gasteiger partial charge in [-0.25, -0.2) is 4.79 Å². The van der Waals surface area contributed by atoms with Crippen molar-refractivity contribution in [2.24, 2.45) is 5.10 Å². The summed E-state index contributed by atoms with van der Waals surface area (Å²) in [5.74, 6) is -0.726. The zero-order valence-corrected chi connectivity index (χ0v) is 13.9. The van der Waals surface area contributed by atoms with Crippen molar-refractivity contribution < 1.29 is 24.5 Å². The molecule has 0 spiro atoms. The van der Waals surface area contributed by atoms with Gasteiger partial charge in [0, 0.05) is 6.07 Å². The number of carbonyl (C=O) groups is 1. The number of aliphatic carboxylic acids is 1. The number of nitrogens with zero attached hydrogens (tertiary/aromatic N) is 3. The maximum Gasteiger partial charge on any atom is 0.344 e. The Balaban J connectivity index is 2.08. The zero-order chi connectivity index (χ0) is 20.0. The maximum atomic E-state index is 11.0. The van der Waals surface area contributed by atoms with E-state index in [1.54, 1.807) is 24.3 Å². The Kier molecular flexibility index (Phi) is 5.99. The summed E-state index contributed by atoms with van der Waals surface area (Å²) in [6.07, 6.45) is 0.379. The highest BCUT2D eigenvalue weighted by Gasteiger charge is 2.19. The largest absolute Gasteiger partial charge is 0.479 e. The van der Waals surface area contributed by atoms with Crippen LogP contribution >= 0.6 is 0 Å². The molecule has 0 amide bonds. The summed E-state index contributed by atoms with van der Waals surface area (Å²) in [6, 6.07) is 9.48. The molecule has 2 aromatic rings. The molecule has 0 fully saturated rings. The number of benzene rings is 2. The predicted octanol–water partition coefficient (Wildman–Crippen LogP) is 2.80. The van der Waals surface area contributed by atoms with Gasteiger partial charge in [0.2, 0.25) is 0 Å². The summed E-state index contributed by atoms with van der Waals surface area (Å²) >= 11 is 0. The van der Waals surface area contributed by atoms with Gasteiger partial charge in [-0.3, -0.25) is 25.7 Å². The first-order chi connectivity index (χ1) is 12.8. The van der Waals surface area contributed by atoms with Gasteiger partial charge in [-0.1, -0.05) is 0 Å². The summed E-state index contributed by atoms with van der Waals surface area (Å²) in [7, 11) is 0. The molecule has 2 N–H and O–H groups in total. The Morgan fingerprint density at radius 3 is 2.41 bits per heavy atom. The molecule has 0 saturated carbocycles. The first kappa shape index (κ1) is 19.3. The van der Waals surface area contributed by atoms with E-state index in [4.69, 9.17) is 9.84 Å². The van der Waals surface area contributed by atoms with Crippen LogP contribution in [0.4, 0.5) is 17.1 Å². The maximum absolute atomic E-state index is 11.0. The fourth-order valence-electron chi connectivity index (χ4n) is 1.94. The van der Waals surface area contributed by atoms with Gasteiger partial charge in [0.25, 0.3) is 5.69 Å². The minimum Gasteiger partial charge on any atom is -0.479 e. The molecule has 0 saturated heterocycles. The zero-order valence-electron chi connectivity index (χ0n) is 13.9. The summed E-state index contributed by atoms with van der Waals surface area (Å²) in [5, 5.41) is 34.4. The van der Waals surface area contributed by atoms with E-state index in [1.165, 1.54) is 19.2 Å². The molecule has 0 aliphatic carbocycles. The van der Waals surface area contributed by atoms with Crippen molar-refractivity contribution in [2.45, 2.75) is 13.0 Å². The van der Waals surface area contributed by atoms with E-state index >= 15 is 0 Å². The lowest BCUT2D eigenvalue weighted by molar-refractivity contribution is -0.393. The number of rotatable bonds is 8. The number of nitro benzene ring substituents is 2. The quantitative estimate of drug-likeness (QED) is 0.405.